The van der Waals surface area contributed by atoms with Crippen molar-refractivity contribution in [3.63, 3.8) is 0 Å². The molecule has 11 saturated heterocycles. The number of nitrogens with one attached hydrogen (secondary N) is 1. The molecule has 14 heterocycles. The number of unbranched alkanes of at least 4 members (excludes halogenated alkanes) is 4. The molecule has 11 fully saturated rings. The fourth-order valence-electron chi connectivity index (χ4n) is 15.8. The van der Waals surface area contributed by atoms with Crippen LogP contribution in [0.5, 0.6) is 57.5 Å². The number of likely N-dealkylation sites (tertiary alicyclic amines) is 1. The first-order valence-corrected chi connectivity index (χ1v) is 40.3. The van der Waals surface area contributed by atoms with Crippen LogP contribution in [0.25, 0.3) is 0 Å². The van der Waals surface area contributed by atoms with Crippen LogP contribution in [0.2, 0.25) is 0 Å². The Hall–Kier alpha value is -7.80. The number of fused-ring (bicyclic) bond motifs is 8. The molecule has 0 aromatic heterocycles. The average Bonchev–Trinajstić information content (AvgIpc) is 1.66. The van der Waals surface area contributed by atoms with E-state index >= 15 is 0 Å². The molecule has 19 rings (SSSR count). The Morgan fingerprint density at radius 3 is 1.36 bits per heavy atom. The Morgan fingerprint density at radius 2 is 0.798 bits per heavy atom. The van der Waals surface area contributed by atoms with E-state index in [0.29, 0.717) is 175 Å². The van der Waals surface area contributed by atoms with Gasteiger partial charge in [-0.05, 0) is 136 Å². The van der Waals surface area contributed by atoms with Crippen LogP contribution < -0.4 is 52.7 Å². The van der Waals surface area contributed by atoms with Crippen LogP contribution in [0.3, 0.4) is 0 Å². The van der Waals surface area contributed by atoms with Gasteiger partial charge in [-0.3, -0.25) is 10.1 Å². The van der Waals surface area contributed by atoms with Crippen molar-refractivity contribution in [2.75, 3.05) is 225 Å². The smallest absolute Gasteiger partial charge is 0.411 e. The summed E-state index contributed by atoms with van der Waals surface area (Å²) in [5, 5.41) is 2.70. The number of ether oxygens (including phenoxy) is 22. The summed E-state index contributed by atoms with van der Waals surface area (Å²) in [6.45, 7) is 23.0. The maximum absolute atomic E-state index is 12.1. The molecule has 14 aliphatic heterocycles. The van der Waals surface area contributed by atoms with E-state index in [0.717, 1.165) is 92.2 Å². The van der Waals surface area contributed by atoms with Crippen molar-refractivity contribution in [3.05, 3.63) is 114 Å². The highest BCUT2D eigenvalue weighted by atomic mass is 16.7. The van der Waals surface area contributed by atoms with Gasteiger partial charge in [-0.2, -0.15) is 0 Å². The van der Waals surface area contributed by atoms with Gasteiger partial charge in [-0.25, -0.2) is 29.3 Å². The van der Waals surface area contributed by atoms with Gasteiger partial charge in [0.05, 0.1) is 91.2 Å². The highest BCUT2D eigenvalue weighted by Crippen LogP contribution is 2.40. The van der Waals surface area contributed by atoms with E-state index in [2.05, 4.69) is 61.0 Å². The number of carbonyl (C=O) groups excluding carboxylic acids is 2. The standard InChI is InChI=1S/C21H32N2O3.C19H29NO4.C15H18N2O6.C15H17NO6.C13H15NO5/c1-2-11-22(12-3-1)13-4-14-26-20-7-5-19(6-8-20)9-10-21-15-24-17-23(21)18-25-16-21;1-2-3-4-5-6-11-23-17-7-9-18(10-8-17)24-14-19-12-21-15-20(19)16-22-13-19;18-14(23-8-15-6-19-9-17(15)10-20-7-15)16-11-1-2-12-13(5-11)22-4-3-21-12;17-14(4-11-1-2-12-13(3-11)22-10-21-12)20-7-15-5-18-8-16(15)9-19-6-15;1-2-11-12(19-9-18-11)3-10(1)17-6-13-4-15-7-14(13)8-16-5-13/h5-8H,1-4,9-18H2;7-10H,2-6,11-16H2,1H3;1-2,5H,3-4,6-10H2,(H,16,18);1-3H,4-10H2;1-3H,4-9H2. The zero-order chi connectivity index (χ0) is 77.7. The number of anilines is 1. The molecule has 31 nitrogen and oxygen atoms in total. The highest BCUT2D eigenvalue weighted by Gasteiger charge is 2.52. The Labute approximate surface area is 666 Å². The Kier molecular flexibility index (Phi) is 28.1. The van der Waals surface area contributed by atoms with Crippen LogP contribution in [0.4, 0.5) is 10.5 Å². The van der Waals surface area contributed by atoms with Gasteiger partial charge in [-0.15, -0.1) is 0 Å². The lowest BCUT2D eigenvalue weighted by Crippen LogP contribution is -2.48. The molecular weight excluding hydrogens is 1480 g/mol. The second kappa shape index (κ2) is 39.4. The third-order valence-electron chi connectivity index (χ3n) is 22.9. The van der Waals surface area contributed by atoms with E-state index in [1.54, 1.807) is 24.3 Å². The normalized spacial score (nSPS) is 21.9. The van der Waals surface area contributed by atoms with Crippen LogP contribution in [0.15, 0.2) is 103 Å². The Balaban J connectivity index is 0.000000113. The summed E-state index contributed by atoms with van der Waals surface area (Å²) in [6, 6.07) is 32.8. The van der Waals surface area contributed by atoms with Gasteiger partial charge < -0.3 is 109 Å². The molecule has 31 heteroatoms. The van der Waals surface area contributed by atoms with Crippen LogP contribution in [-0.4, -0.2) is 289 Å². The first kappa shape index (κ1) is 81.3. The molecule has 14 aliphatic rings. The van der Waals surface area contributed by atoms with Crippen LogP contribution in [0.1, 0.15) is 82.3 Å². The minimum absolute atomic E-state index is 0.101. The third-order valence-corrected chi connectivity index (χ3v) is 22.9. The van der Waals surface area contributed by atoms with E-state index in [4.69, 9.17) is 104 Å². The molecule has 5 aromatic rings. The first-order valence-electron chi connectivity index (χ1n) is 40.3. The predicted octanol–water partition coefficient (Wildman–Crippen LogP) is 8.67. The van der Waals surface area contributed by atoms with Crippen molar-refractivity contribution in [1.82, 2.24) is 29.4 Å². The SMILES string of the molecule is CCCCCCCOc1ccc(OCC23COCN2COC3)cc1.O=C(Cc1ccc2c(c1)OCO2)OCC12COCN1COC2.O=C(Nc1ccc2c(c1)OCCO2)OCC12COCN1COC2.c1cc(OCCCN2CCCCC2)ccc1CCC12COCN1COC2.c1cc2c(cc1OCC13COCN1COC3)OCO2. The molecule has 1 N–H and O–H groups in total. The molecule has 1 amide bonds. The monoisotopic (exact) mass is 1590 g/mol. The number of amides is 1. The lowest BCUT2D eigenvalue weighted by molar-refractivity contribution is -0.145. The summed E-state index contributed by atoms with van der Waals surface area (Å²) in [5.74, 6) is 7.43. The number of rotatable bonds is 28. The zero-order valence-electron chi connectivity index (χ0n) is 65.6. The second-order valence-electron chi connectivity index (χ2n) is 31.3. The molecule has 0 radical (unpaired) electrons. The quantitative estimate of drug-likeness (QED) is 0.0362. The van der Waals surface area contributed by atoms with Gasteiger partial charge in [0.15, 0.2) is 34.5 Å². The molecule has 0 aliphatic carbocycles. The summed E-state index contributed by atoms with van der Waals surface area (Å²) in [5.41, 5.74) is 1.97. The third kappa shape index (κ3) is 20.8. The zero-order valence-corrected chi connectivity index (χ0v) is 65.6. The number of piperidine rings is 1. The van der Waals surface area contributed by atoms with E-state index in [-0.39, 0.29) is 66.9 Å². The van der Waals surface area contributed by atoms with Gasteiger partial charge in [0.25, 0.3) is 0 Å². The van der Waals surface area contributed by atoms with E-state index in [1.807, 2.05) is 59.5 Å². The lowest BCUT2D eigenvalue weighted by Gasteiger charge is -2.27. The predicted molar refractivity (Wildman–Crippen MR) is 410 cm³/mol. The molecular formula is C83H111N7O24. The number of hydrogen-bond donors (Lipinski definition) is 1. The van der Waals surface area contributed by atoms with Gasteiger partial charge in [0, 0.05) is 24.4 Å². The van der Waals surface area contributed by atoms with Crippen molar-refractivity contribution >= 4 is 17.7 Å². The van der Waals surface area contributed by atoms with Gasteiger partial charge in [0.2, 0.25) is 13.6 Å². The number of benzene rings is 5. The summed E-state index contributed by atoms with van der Waals surface area (Å²) in [4.78, 5) is 37.4. The maximum atomic E-state index is 12.1. The lowest BCUT2D eigenvalue weighted by atomic mass is 9.93. The molecule has 622 valence electrons. The van der Waals surface area contributed by atoms with Crippen molar-refractivity contribution < 1.29 is 114 Å². The summed E-state index contributed by atoms with van der Waals surface area (Å²) in [7, 11) is 0. The molecule has 0 atom stereocenters. The van der Waals surface area contributed by atoms with Gasteiger partial charge >= 0.3 is 12.1 Å². The fourth-order valence-corrected chi connectivity index (χ4v) is 15.8. The summed E-state index contributed by atoms with van der Waals surface area (Å²) in [6.07, 6.45) is 13.3. The molecule has 5 aromatic carbocycles. The molecule has 0 spiro atoms. The average molecular weight is 1590 g/mol. The van der Waals surface area contributed by atoms with Crippen molar-refractivity contribution in [3.8, 4) is 57.5 Å². The van der Waals surface area contributed by atoms with E-state index in [9.17, 15) is 9.59 Å². The first-order chi connectivity index (χ1) is 56.0. The van der Waals surface area contributed by atoms with Gasteiger partial charge in [0.1, 0.15) is 152 Å². The van der Waals surface area contributed by atoms with Crippen LogP contribution in [0, 0.1) is 0 Å². The van der Waals surface area contributed by atoms with E-state index in [1.165, 1.54) is 70.1 Å². The van der Waals surface area contributed by atoms with Crippen molar-refractivity contribution in [2.24, 2.45) is 0 Å². The largest absolute Gasteiger partial charge is 0.494 e. The summed E-state index contributed by atoms with van der Waals surface area (Å²) >= 11 is 0. The van der Waals surface area contributed by atoms with E-state index < -0.39 is 6.09 Å². The Bertz CT molecular complexity index is 3830. The van der Waals surface area contributed by atoms with Gasteiger partial charge in [-0.1, -0.05) is 57.2 Å². The second-order valence-corrected chi connectivity index (χ2v) is 31.3. The number of nitrogens with zero attached hydrogens (tertiary/aromatic N) is 6. The minimum Gasteiger partial charge on any atom is -0.494 e. The number of aryl methyl sites for hydroxylation is 1. The van der Waals surface area contributed by atoms with Crippen LogP contribution in [-0.2, 0) is 74.5 Å². The highest BCUT2D eigenvalue weighted by molar-refractivity contribution is 5.85. The van der Waals surface area contributed by atoms with Crippen molar-refractivity contribution in [2.45, 2.75) is 112 Å². The molecule has 0 saturated carbocycles. The number of carbonyl (C=O) groups is 2. The number of esters is 1. The summed E-state index contributed by atoms with van der Waals surface area (Å²) < 4.78 is 122. The van der Waals surface area contributed by atoms with Crippen molar-refractivity contribution in [1.29, 1.82) is 0 Å². The Morgan fingerprint density at radius 1 is 0.386 bits per heavy atom. The molecule has 114 heavy (non-hydrogen) atoms. The van der Waals surface area contributed by atoms with Crippen LogP contribution >= 0.6 is 0 Å². The number of hydrogen-bond acceptors (Lipinski definition) is 30. The fraction of sp³-hybridized carbons (Fsp3) is 0.614. The maximum Gasteiger partial charge on any atom is 0.411 e. The topological polar surface area (TPSA) is 269 Å². The molecule has 0 unspecified atom stereocenters. The minimum atomic E-state index is -0.519. The molecule has 0 bridgehead atoms.